The smallest absolute Gasteiger partial charge is 0.412 e. The first-order chi connectivity index (χ1) is 8.38. The van der Waals surface area contributed by atoms with Crippen molar-refractivity contribution in [1.29, 1.82) is 0 Å². The second kappa shape index (κ2) is 5.35. The van der Waals surface area contributed by atoms with Gasteiger partial charge in [0.25, 0.3) is 5.69 Å². The molecular formula is C11H14N2O5. The van der Waals surface area contributed by atoms with Crippen LogP contribution in [0.3, 0.4) is 0 Å². The first-order valence-electron chi connectivity index (χ1n) is 5.23. The molecule has 7 nitrogen and oxygen atoms in total. The Hall–Kier alpha value is -2.31. The molecule has 18 heavy (non-hydrogen) atoms. The Kier molecular flexibility index (Phi) is 4.09. The third-order valence-corrected chi connectivity index (χ3v) is 2.36. The van der Waals surface area contributed by atoms with Crippen molar-refractivity contribution < 1.29 is 19.6 Å². The fourth-order valence-electron chi connectivity index (χ4n) is 1.58. The largest absolute Gasteiger partial charge is 0.495 e. The number of ether oxygens (including phenoxy) is 1. The molecule has 0 aromatic heterocycles. The summed E-state index contributed by atoms with van der Waals surface area (Å²) in [6, 6.07) is 3.47. The summed E-state index contributed by atoms with van der Waals surface area (Å²) >= 11 is 0. The van der Waals surface area contributed by atoms with Crippen molar-refractivity contribution in [3.63, 3.8) is 0 Å². The molecule has 1 N–H and O–H groups in total. The zero-order valence-electron chi connectivity index (χ0n) is 10.3. The zero-order valence-corrected chi connectivity index (χ0v) is 10.3. The summed E-state index contributed by atoms with van der Waals surface area (Å²) in [7, 11) is 1.38. The molecule has 0 aliphatic rings. The molecular weight excluding hydrogens is 240 g/mol. The number of non-ortho nitro benzene ring substituents is 1. The standard InChI is InChI=1S/C11H14N2O5/c1-7(2)12(11(14)15)9-6-8(13(16)17)4-5-10(9)18-3/h4-7H,1-3H3,(H,14,15). The Morgan fingerprint density at radius 3 is 2.50 bits per heavy atom. The van der Waals surface area contributed by atoms with Gasteiger partial charge >= 0.3 is 6.09 Å². The van der Waals surface area contributed by atoms with E-state index in [0.29, 0.717) is 0 Å². The van der Waals surface area contributed by atoms with Crippen LogP contribution in [-0.4, -0.2) is 29.3 Å². The highest BCUT2D eigenvalue weighted by Gasteiger charge is 2.24. The van der Waals surface area contributed by atoms with Gasteiger partial charge in [0.1, 0.15) is 5.75 Å². The van der Waals surface area contributed by atoms with Gasteiger partial charge in [-0.15, -0.1) is 0 Å². The molecule has 0 heterocycles. The van der Waals surface area contributed by atoms with Crippen molar-refractivity contribution in [2.24, 2.45) is 0 Å². The molecule has 7 heteroatoms. The van der Waals surface area contributed by atoms with Gasteiger partial charge in [0.05, 0.1) is 17.7 Å². The van der Waals surface area contributed by atoms with Crippen LogP contribution in [0.1, 0.15) is 13.8 Å². The summed E-state index contributed by atoms with van der Waals surface area (Å²) in [4.78, 5) is 22.3. The number of nitro groups is 1. The van der Waals surface area contributed by atoms with Gasteiger partial charge in [-0.25, -0.2) is 4.79 Å². The lowest BCUT2D eigenvalue weighted by Gasteiger charge is -2.24. The monoisotopic (exact) mass is 254 g/mol. The molecule has 0 bridgehead atoms. The Balaban J connectivity index is 3.38. The molecule has 98 valence electrons. The van der Waals surface area contributed by atoms with E-state index in [4.69, 9.17) is 9.84 Å². The second-order valence-corrected chi connectivity index (χ2v) is 3.86. The fourth-order valence-corrected chi connectivity index (χ4v) is 1.58. The normalized spacial score (nSPS) is 10.2. The molecule has 0 unspecified atom stereocenters. The number of rotatable bonds is 4. The number of hydrogen-bond acceptors (Lipinski definition) is 4. The SMILES string of the molecule is COc1ccc([N+](=O)[O-])cc1N(C(=O)O)C(C)C. The lowest BCUT2D eigenvalue weighted by atomic mass is 10.2. The number of anilines is 1. The maximum Gasteiger partial charge on any atom is 0.412 e. The number of carbonyl (C=O) groups is 1. The second-order valence-electron chi connectivity index (χ2n) is 3.86. The number of nitro benzene ring substituents is 1. The molecule has 0 aliphatic heterocycles. The topological polar surface area (TPSA) is 92.9 Å². The van der Waals surface area contributed by atoms with Crippen molar-refractivity contribution in [3.05, 3.63) is 28.3 Å². The van der Waals surface area contributed by atoms with Crippen LogP contribution in [0.4, 0.5) is 16.2 Å². The molecule has 1 rings (SSSR count). The summed E-state index contributed by atoms with van der Waals surface area (Å²) in [5.74, 6) is 0.275. The molecule has 1 amide bonds. The van der Waals surface area contributed by atoms with E-state index < -0.39 is 11.0 Å². The Bertz CT molecular complexity index is 473. The van der Waals surface area contributed by atoms with Crippen molar-refractivity contribution in [2.45, 2.75) is 19.9 Å². The molecule has 1 aromatic rings. The van der Waals surface area contributed by atoms with Crippen LogP contribution in [0.5, 0.6) is 5.75 Å². The molecule has 0 radical (unpaired) electrons. The number of carboxylic acid groups (broad SMARTS) is 1. The number of nitrogens with zero attached hydrogens (tertiary/aromatic N) is 2. The zero-order chi connectivity index (χ0) is 13.9. The van der Waals surface area contributed by atoms with Gasteiger partial charge in [-0.3, -0.25) is 15.0 Å². The van der Waals surface area contributed by atoms with Gasteiger partial charge in [0.2, 0.25) is 0 Å². The van der Waals surface area contributed by atoms with Crippen LogP contribution in [-0.2, 0) is 0 Å². The van der Waals surface area contributed by atoms with Crippen molar-refractivity contribution in [3.8, 4) is 5.75 Å². The minimum Gasteiger partial charge on any atom is -0.495 e. The number of benzene rings is 1. The fraction of sp³-hybridized carbons (Fsp3) is 0.364. The minimum atomic E-state index is -1.19. The molecule has 0 saturated carbocycles. The van der Waals surface area contributed by atoms with E-state index in [1.807, 2.05) is 0 Å². The Morgan fingerprint density at radius 1 is 1.50 bits per heavy atom. The molecule has 0 aliphatic carbocycles. The van der Waals surface area contributed by atoms with Crippen LogP contribution in [0, 0.1) is 10.1 Å². The van der Waals surface area contributed by atoms with E-state index in [2.05, 4.69) is 0 Å². The predicted molar refractivity (Wildman–Crippen MR) is 65.3 cm³/mol. The summed E-state index contributed by atoms with van der Waals surface area (Å²) in [5.41, 5.74) is -0.0214. The van der Waals surface area contributed by atoms with Gasteiger partial charge in [-0.05, 0) is 19.9 Å². The van der Waals surface area contributed by atoms with Crippen molar-refractivity contribution >= 4 is 17.5 Å². The molecule has 1 aromatic carbocycles. The number of amides is 1. The molecule has 0 saturated heterocycles. The third-order valence-electron chi connectivity index (χ3n) is 2.36. The first-order valence-corrected chi connectivity index (χ1v) is 5.23. The Morgan fingerprint density at radius 2 is 2.11 bits per heavy atom. The van der Waals surface area contributed by atoms with E-state index in [1.165, 1.54) is 25.3 Å². The highest BCUT2D eigenvalue weighted by Crippen LogP contribution is 2.33. The van der Waals surface area contributed by atoms with Crippen LogP contribution < -0.4 is 9.64 Å². The van der Waals surface area contributed by atoms with E-state index in [0.717, 1.165) is 4.90 Å². The van der Waals surface area contributed by atoms with E-state index in [-0.39, 0.29) is 23.2 Å². The lowest BCUT2D eigenvalue weighted by molar-refractivity contribution is -0.384. The van der Waals surface area contributed by atoms with E-state index in [1.54, 1.807) is 13.8 Å². The van der Waals surface area contributed by atoms with Gasteiger partial charge in [-0.1, -0.05) is 0 Å². The average molecular weight is 254 g/mol. The third kappa shape index (κ3) is 2.68. The Labute approximate surface area is 104 Å². The molecule has 0 atom stereocenters. The van der Waals surface area contributed by atoms with Gasteiger partial charge in [0.15, 0.2) is 0 Å². The van der Waals surface area contributed by atoms with Gasteiger partial charge in [-0.2, -0.15) is 0 Å². The minimum absolute atomic E-state index is 0.161. The van der Waals surface area contributed by atoms with E-state index >= 15 is 0 Å². The highest BCUT2D eigenvalue weighted by molar-refractivity contribution is 5.89. The average Bonchev–Trinajstić information content (AvgIpc) is 2.27. The van der Waals surface area contributed by atoms with Crippen molar-refractivity contribution in [1.82, 2.24) is 0 Å². The quantitative estimate of drug-likeness (QED) is 0.658. The molecule has 0 fully saturated rings. The van der Waals surface area contributed by atoms with Gasteiger partial charge < -0.3 is 9.84 Å². The number of hydrogen-bond donors (Lipinski definition) is 1. The summed E-state index contributed by atoms with van der Waals surface area (Å²) in [5, 5.41) is 19.9. The summed E-state index contributed by atoms with van der Waals surface area (Å²) in [6.07, 6.45) is -1.19. The van der Waals surface area contributed by atoms with Crippen molar-refractivity contribution in [2.75, 3.05) is 12.0 Å². The molecule has 0 spiro atoms. The van der Waals surface area contributed by atoms with Crippen LogP contribution in [0.15, 0.2) is 18.2 Å². The van der Waals surface area contributed by atoms with E-state index in [9.17, 15) is 14.9 Å². The van der Waals surface area contributed by atoms with Crippen LogP contribution in [0.25, 0.3) is 0 Å². The van der Waals surface area contributed by atoms with Crippen LogP contribution in [0.2, 0.25) is 0 Å². The maximum atomic E-state index is 11.2. The summed E-state index contributed by atoms with van der Waals surface area (Å²) < 4.78 is 5.03. The van der Waals surface area contributed by atoms with Crippen LogP contribution >= 0.6 is 0 Å². The lowest BCUT2D eigenvalue weighted by Crippen LogP contribution is -2.36. The summed E-state index contributed by atoms with van der Waals surface area (Å²) in [6.45, 7) is 3.35. The van der Waals surface area contributed by atoms with Gasteiger partial charge in [0, 0.05) is 18.2 Å². The predicted octanol–water partition coefficient (Wildman–Crippen LogP) is 2.50. The number of methoxy groups -OCH3 is 1. The highest BCUT2D eigenvalue weighted by atomic mass is 16.6. The first kappa shape index (κ1) is 13.8. The maximum absolute atomic E-state index is 11.2.